The molecule has 0 aromatic heterocycles. The van der Waals surface area contributed by atoms with E-state index in [4.69, 9.17) is 0 Å². The van der Waals surface area contributed by atoms with Crippen molar-refractivity contribution in [2.45, 2.75) is 84.5 Å². The number of hydrogen-bond donors (Lipinski definition) is 1. The van der Waals surface area contributed by atoms with Crippen LogP contribution in [0.25, 0.3) is 0 Å². The highest BCUT2D eigenvalue weighted by Crippen LogP contribution is 2.47. The van der Waals surface area contributed by atoms with Gasteiger partial charge in [-0.25, -0.2) is 0 Å². The molecule has 0 unspecified atom stereocenters. The van der Waals surface area contributed by atoms with Crippen LogP contribution >= 0.6 is 0 Å². The van der Waals surface area contributed by atoms with E-state index in [9.17, 15) is 0 Å². The van der Waals surface area contributed by atoms with Gasteiger partial charge >= 0.3 is 0 Å². The number of benzene rings is 2. The van der Waals surface area contributed by atoms with Gasteiger partial charge in [-0.15, -0.1) is 0 Å². The zero-order valence-corrected chi connectivity index (χ0v) is 17.9. The standard InChI is InChI=1S/C25H35N/c1-17-15-20-21(25(7,8)14-13-24(20,5)6)16-22(17)26-19-11-9-18(10-12-19)23(2,3)4/h9-12,15-16,26H,13-14H2,1-8H3. The second-order valence-corrected chi connectivity index (χ2v) is 10.4. The number of rotatable bonds is 2. The van der Waals surface area contributed by atoms with Gasteiger partial charge < -0.3 is 5.32 Å². The van der Waals surface area contributed by atoms with Crippen molar-refractivity contribution in [2.24, 2.45) is 0 Å². The summed E-state index contributed by atoms with van der Waals surface area (Å²) in [6, 6.07) is 13.7. The Balaban J connectivity index is 1.97. The number of aryl methyl sites for hydroxylation is 1. The molecule has 0 bridgehead atoms. The van der Waals surface area contributed by atoms with E-state index in [1.807, 2.05) is 0 Å². The van der Waals surface area contributed by atoms with E-state index in [0.717, 1.165) is 5.69 Å². The van der Waals surface area contributed by atoms with Crippen molar-refractivity contribution >= 4 is 11.4 Å². The van der Waals surface area contributed by atoms with Crippen LogP contribution in [0.4, 0.5) is 11.4 Å². The average Bonchev–Trinajstić information content (AvgIpc) is 2.53. The zero-order valence-electron chi connectivity index (χ0n) is 17.9. The van der Waals surface area contributed by atoms with Crippen LogP contribution in [0.2, 0.25) is 0 Å². The van der Waals surface area contributed by atoms with Gasteiger partial charge in [-0.05, 0) is 76.5 Å². The van der Waals surface area contributed by atoms with Gasteiger partial charge in [-0.1, -0.05) is 66.7 Å². The van der Waals surface area contributed by atoms with Crippen LogP contribution in [0, 0.1) is 6.92 Å². The summed E-state index contributed by atoms with van der Waals surface area (Å²) in [5, 5.41) is 3.67. The molecule has 0 radical (unpaired) electrons. The van der Waals surface area contributed by atoms with E-state index in [1.165, 1.54) is 40.8 Å². The molecular formula is C25H35N. The highest BCUT2D eigenvalue weighted by atomic mass is 14.9. The average molecular weight is 350 g/mol. The number of anilines is 2. The summed E-state index contributed by atoms with van der Waals surface area (Å²) in [6.07, 6.45) is 2.50. The van der Waals surface area contributed by atoms with Crippen molar-refractivity contribution in [3.8, 4) is 0 Å². The Morgan fingerprint density at radius 3 is 1.81 bits per heavy atom. The van der Waals surface area contributed by atoms with Crippen molar-refractivity contribution in [1.82, 2.24) is 0 Å². The molecule has 1 N–H and O–H groups in total. The van der Waals surface area contributed by atoms with Crippen molar-refractivity contribution in [3.63, 3.8) is 0 Å². The lowest BCUT2D eigenvalue weighted by atomic mass is 9.63. The fourth-order valence-corrected chi connectivity index (χ4v) is 4.07. The normalized spacial score (nSPS) is 18.3. The molecule has 3 rings (SSSR count). The Labute approximate surface area is 160 Å². The summed E-state index contributed by atoms with van der Waals surface area (Å²) in [7, 11) is 0. The molecule has 1 heteroatoms. The Kier molecular flexibility index (Phi) is 4.50. The Bertz CT molecular complexity index is 801. The molecule has 0 heterocycles. The van der Waals surface area contributed by atoms with E-state index >= 15 is 0 Å². The van der Waals surface area contributed by atoms with Crippen molar-refractivity contribution in [1.29, 1.82) is 0 Å². The van der Waals surface area contributed by atoms with Gasteiger partial charge in [0.15, 0.2) is 0 Å². The largest absolute Gasteiger partial charge is 0.355 e. The first-order chi connectivity index (χ1) is 11.9. The SMILES string of the molecule is Cc1cc2c(cc1Nc1ccc(C(C)(C)C)cc1)C(C)(C)CCC2(C)C. The van der Waals surface area contributed by atoms with E-state index in [1.54, 1.807) is 0 Å². The molecule has 1 aliphatic rings. The third-order valence-corrected chi connectivity index (χ3v) is 6.23. The van der Waals surface area contributed by atoms with Crippen LogP contribution < -0.4 is 5.32 Å². The topological polar surface area (TPSA) is 12.0 Å². The first-order valence-electron chi connectivity index (χ1n) is 9.93. The molecule has 0 atom stereocenters. The first kappa shape index (κ1) is 19.0. The molecule has 0 saturated carbocycles. The van der Waals surface area contributed by atoms with Gasteiger partial charge in [-0.3, -0.25) is 0 Å². The van der Waals surface area contributed by atoms with Crippen LogP contribution in [0.1, 0.15) is 83.6 Å². The van der Waals surface area contributed by atoms with E-state index in [2.05, 4.69) is 97.1 Å². The lowest BCUT2D eigenvalue weighted by molar-refractivity contribution is 0.332. The van der Waals surface area contributed by atoms with Gasteiger partial charge in [0.1, 0.15) is 0 Å². The minimum atomic E-state index is 0.190. The van der Waals surface area contributed by atoms with E-state index in [0.29, 0.717) is 0 Å². The van der Waals surface area contributed by atoms with Crippen LogP contribution in [0.15, 0.2) is 36.4 Å². The minimum absolute atomic E-state index is 0.190. The molecule has 1 aliphatic carbocycles. The lowest BCUT2D eigenvalue weighted by Gasteiger charge is -2.42. The molecule has 1 nitrogen and oxygen atoms in total. The maximum atomic E-state index is 3.67. The smallest absolute Gasteiger partial charge is 0.0417 e. The summed E-state index contributed by atoms with van der Waals surface area (Å²) in [5.41, 5.74) is 8.83. The molecule has 0 amide bonds. The van der Waals surface area contributed by atoms with Gasteiger partial charge in [0.25, 0.3) is 0 Å². The van der Waals surface area contributed by atoms with Crippen LogP contribution in [0.5, 0.6) is 0 Å². The maximum absolute atomic E-state index is 3.67. The fourth-order valence-electron chi connectivity index (χ4n) is 4.07. The summed E-state index contributed by atoms with van der Waals surface area (Å²) in [6.45, 7) is 18.5. The quantitative estimate of drug-likeness (QED) is 0.596. The summed E-state index contributed by atoms with van der Waals surface area (Å²) in [5.74, 6) is 0. The predicted molar refractivity (Wildman–Crippen MR) is 115 cm³/mol. The molecule has 0 aliphatic heterocycles. The van der Waals surface area contributed by atoms with Crippen LogP contribution in [0.3, 0.4) is 0 Å². The van der Waals surface area contributed by atoms with Gasteiger partial charge in [-0.2, -0.15) is 0 Å². The van der Waals surface area contributed by atoms with Crippen molar-refractivity contribution in [3.05, 3.63) is 58.7 Å². The zero-order chi connectivity index (χ0) is 19.3. The highest BCUT2D eigenvalue weighted by Gasteiger charge is 2.37. The van der Waals surface area contributed by atoms with Crippen LogP contribution in [-0.2, 0) is 16.2 Å². The Hall–Kier alpha value is -1.76. The van der Waals surface area contributed by atoms with Gasteiger partial charge in [0.05, 0.1) is 0 Å². The van der Waals surface area contributed by atoms with Crippen LogP contribution in [-0.4, -0.2) is 0 Å². The molecular weight excluding hydrogens is 314 g/mol. The number of fused-ring (bicyclic) bond motifs is 1. The monoisotopic (exact) mass is 349 g/mol. The van der Waals surface area contributed by atoms with E-state index < -0.39 is 0 Å². The minimum Gasteiger partial charge on any atom is -0.355 e. The van der Waals surface area contributed by atoms with Crippen molar-refractivity contribution < 1.29 is 0 Å². The molecule has 140 valence electrons. The predicted octanol–water partition coefficient (Wildman–Crippen LogP) is 7.39. The molecule has 0 fully saturated rings. The third-order valence-electron chi connectivity index (χ3n) is 6.23. The van der Waals surface area contributed by atoms with Gasteiger partial charge in [0, 0.05) is 11.4 Å². The molecule has 2 aromatic rings. The lowest BCUT2D eigenvalue weighted by Crippen LogP contribution is -2.34. The second-order valence-electron chi connectivity index (χ2n) is 10.4. The van der Waals surface area contributed by atoms with Crippen molar-refractivity contribution in [2.75, 3.05) is 5.32 Å². The summed E-state index contributed by atoms with van der Waals surface area (Å²) < 4.78 is 0. The first-order valence-corrected chi connectivity index (χ1v) is 9.93. The highest BCUT2D eigenvalue weighted by molar-refractivity contribution is 5.66. The second kappa shape index (κ2) is 6.15. The van der Waals surface area contributed by atoms with Gasteiger partial charge in [0.2, 0.25) is 0 Å². The Morgan fingerprint density at radius 2 is 1.31 bits per heavy atom. The summed E-state index contributed by atoms with van der Waals surface area (Å²) in [4.78, 5) is 0. The molecule has 0 saturated heterocycles. The maximum Gasteiger partial charge on any atom is 0.0417 e. The third kappa shape index (κ3) is 3.54. The Morgan fingerprint density at radius 1 is 0.808 bits per heavy atom. The van der Waals surface area contributed by atoms with E-state index in [-0.39, 0.29) is 16.2 Å². The molecule has 2 aromatic carbocycles. The molecule has 26 heavy (non-hydrogen) atoms. The number of nitrogens with one attached hydrogen (secondary N) is 1. The fraction of sp³-hybridized carbons (Fsp3) is 0.520. The number of hydrogen-bond acceptors (Lipinski definition) is 1. The molecule has 0 spiro atoms. The summed E-state index contributed by atoms with van der Waals surface area (Å²) >= 11 is 0.